The number of carbonyl (C=O) groups excluding carboxylic acids is 1. The molecule has 0 saturated carbocycles. The lowest BCUT2D eigenvalue weighted by molar-refractivity contribution is 0.0600. The Bertz CT molecular complexity index is 836. The van der Waals surface area contributed by atoms with Crippen molar-refractivity contribution in [3.63, 3.8) is 0 Å². The van der Waals surface area contributed by atoms with Crippen LogP contribution >= 0.6 is 15.9 Å². The van der Waals surface area contributed by atoms with Crippen LogP contribution in [-0.2, 0) is 4.74 Å². The predicted molar refractivity (Wildman–Crippen MR) is 91.9 cm³/mol. The fraction of sp³-hybridized carbons (Fsp3) is 0.0556. The molecule has 3 rings (SSSR count). The Balaban J connectivity index is 2.25. The number of rotatable bonds is 3. The van der Waals surface area contributed by atoms with E-state index in [4.69, 9.17) is 4.74 Å². The summed E-state index contributed by atoms with van der Waals surface area (Å²) < 4.78 is 5.35. The number of esters is 1. The van der Waals surface area contributed by atoms with Gasteiger partial charge in [-0.1, -0.05) is 30.3 Å². The minimum atomic E-state index is -0.430. The Morgan fingerprint density at radius 3 is 2.48 bits per heavy atom. The van der Waals surface area contributed by atoms with Crippen LogP contribution in [0.3, 0.4) is 0 Å². The van der Waals surface area contributed by atoms with E-state index in [0.717, 1.165) is 22.4 Å². The summed E-state index contributed by atoms with van der Waals surface area (Å²) in [6.45, 7) is 0. The molecule has 0 spiro atoms. The molecule has 0 fully saturated rings. The highest BCUT2D eigenvalue weighted by molar-refractivity contribution is 9.10. The summed E-state index contributed by atoms with van der Waals surface area (Å²) in [5.41, 5.74) is 3.70. The topological polar surface area (TPSA) is 52.1 Å². The van der Waals surface area contributed by atoms with E-state index in [1.165, 1.54) is 7.11 Å². The third-order valence-corrected chi connectivity index (χ3v) is 3.98. The van der Waals surface area contributed by atoms with Crippen molar-refractivity contribution < 1.29 is 9.53 Å². The van der Waals surface area contributed by atoms with Crippen molar-refractivity contribution in [2.75, 3.05) is 7.11 Å². The molecule has 0 radical (unpaired) electrons. The lowest BCUT2D eigenvalue weighted by Gasteiger charge is -2.12. The average molecular weight is 369 g/mol. The molecule has 3 aromatic rings. The van der Waals surface area contributed by atoms with Gasteiger partial charge in [0.25, 0.3) is 0 Å². The van der Waals surface area contributed by atoms with E-state index in [1.807, 2.05) is 48.5 Å². The van der Waals surface area contributed by atoms with E-state index >= 15 is 0 Å². The van der Waals surface area contributed by atoms with Gasteiger partial charge in [0.1, 0.15) is 10.2 Å². The van der Waals surface area contributed by atoms with Gasteiger partial charge in [0.15, 0.2) is 0 Å². The van der Waals surface area contributed by atoms with Gasteiger partial charge in [0.05, 0.1) is 12.8 Å². The smallest absolute Gasteiger partial charge is 0.341 e. The van der Waals surface area contributed by atoms with Gasteiger partial charge in [0.2, 0.25) is 0 Å². The molecule has 0 bridgehead atoms. The molecule has 0 atom stereocenters. The Labute approximate surface area is 142 Å². The van der Waals surface area contributed by atoms with Gasteiger partial charge in [-0.05, 0) is 39.7 Å². The van der Waals surface area contributed by atoms with E-state index < -0.39 is 5.97 Å². The maximum Gasteiger partial charge on any atom is 0.341 e. The normalized spacial score (nSPS) is 10.3. The van der Waals surface area contributed by atoms with Gasteiger partial charge in [0, 0.05) is 23.5 Å². The van der Waals surface area contributed by atoms with Crippen molar-refractivity contribution in [1.29, 1.82) is 0 Å². The molecular weight excluding hydrogens is 356 g/mol. The zero-order chi connectivity index (χ0) is 16.2. The summed E-state index contributed by atoms with van der Waals surface area (Å²) in [7, 11) is 1.36. The van der Waals surface area contributed by atoms with Crippen LogP contribution in [-0.4, -0.2) is 23.0 Å². The van der Waals surface area contributed by atoms with Crippen molar-refractivity contribution in [2.45, 2.75) is 0 Å². The summed E-state index contributed by atoms with van der Waals surface area (Å²) >= 11 is 3.40. The number of aromatic nitrogens is 2. The zero-order valence-electron chi connectivity index (χ0n) is 12.4. The molecule has 0 saturated heterocycles. The van der Waals surface area contributed by atoms with Crippen LogP contribution in [0.2, 0.25) is 0 Å². The van der Waals surface area contributed by atoms with Crippen LogP contribution in [0.15, 0.2) is 65.5 Å². The van der Waals surface area contributed by atoms with E-state index in [2.05, 4.69) is 25.9 Å². The van der Waals surface area contributed by atoms with Crippen molar-refractivity contribution in [2.24, 2.45) is 0 Å². The zero-order valence-corrected chi connectivity index (χ0v) is 13.9. The number of methoxy groups -OCH3 is 1. The number of ether oxygens (including phenoxy) is 1. The first-order chi connectivity index (χ1) is 11.2. The molecule has 0 aliphatic carbocycles. The molecule has 2 heterocycles. The molecule has 0 aliphatic rings. The third-order valence-electron chi connectivity index (χ3n) is 3.41. The predicted octanol–water partition coefficient (Wildman–Crippen LogP) is 4.36. The first-order valence-corrected chi connectivity index (χ1v) is 7.74. The number of hydrogen-bond acceptors (Lipinski definition) is 4. The van der Waals surface area contributed by atoms with Crippen molar-refractivity contribution in [3.05, 3.63) is 71.1 Å². The van der Waals surface area contributed by atoms with Crippen molar-refractivity contribution in [3.8, 4) is 22.4 Å². The Morgan fingerprint density at radius 2 is 1.83 bits per heavy atom. The van der Waals surface area contributed by atoms with E-state index in [1.54, 1.807) is 12.4 Å². The van der Waals surface area contributed by atoms with Crippen LogP contribution in [0.4, 0.5) is 0 Å². The molecule has 0 amide bonds. The van der Waals surface area contributed by atoms with Crippen molar-refractivity contribution >= 4 is 21.9 Å². The fourth-order valence-electron chi connectivity index (χ4n) is 2.32. The van der Waals surface area contributed by atoms with Gasteiger partial charge in [-0.25, -0.2) is 9.78 Å². The van der Waals surface area contributed by atoms with Crippen LogP contribution in [0.1, 0.15) is 10.4 Å². The lowest BCUT2D eigenvalue weighted by atomic mass is 9.99. The van der Waals surface area contributed by atoms with Gasteiger partial charge < -0.3 is 4.74 Å². The Hall–Kier alpha value is -2.53. The minimum absolute atomic E-state index is 0.409. The molecule has 23 heavy (non-hydrogen) atoms. The van der Waals surface area contributed by atoms with Gasteiger partial charge in [-0.3, -0.25) is 4.98 Å². The molecule has 5 heteroatoms. The number of benzene rings is 1. The molecule has 1 aromatic carbocycles. The molecule has 0 aliphatic heterocycles. The molecule has 0 unspecified atom stereocenters. The number of hydrogen-bond donors (Lipinski definition) is 0. The van der Waals surface area contributed by atoms with Crippen LogP contribution in [0.25, 0.3) is 22.4 Å². The molecule has 0 N–H and O–H groups in total. The van der Waals surface area contributed by atoms with E-state index in [9.17, 15) is 4.79 Å². The third kappa shape index (κ3) is 3.14. The largest absolute Gasteiger partial charge is 0.465 e. The van der Waals surface area contributed by atoms with E-state index in [-0.39, 0.29) is 0 Å². The quantitative estimate of drug-likeness (QED) is 0.509. The highest BCUT2D eigenvalue weighted by Gasteiger charge is 2.20. The lowest BCUT2D eigenvalue weighted by Crippen LogP contribution is -2.07. The average Bonchev–Trinajstić information content (AvgIpc) is 2.62. The monoisotopic (exact) mass is 368 g/mol. The second-order valence-electron chi connectivity index (χ2n) is 4.82. The van der Waals surface area contributed by atoms with Gasteiger partial charge in [-0.15, -0.1) is 0 Å². The fourth-order valence-corrected chi connectivity index (χ4v) is 2.88. The summed E-state index contributed by atoms with van der Waals surface area (Å²) in [6.07, 6.45) is 3.45. The molecular formula is C18H13BrN2O2. The van der Waals surface area contributed by atoms with Crippen LogP contribution in [0.5, 0.6) is 0 Å². The number of carbonyl (C=O) groups is 1. The number of halogens is 1. The highest BCUT2D eigenvalue weighted by atomic mass is 79.9. The number of pyridine rings is 2. The Kier molecular flexibility index (Phi) is 4.48. The molecule has 4 nitrogen and oxygen atoms in total. The first-order valence-electron chi connectivity index (χ1n) is 6.95. The Morgan fingerprint density at radius 1 is 1.09 bits per heavy atom. The first kappa shape index (κ1) is 15.4. The minimum Gasteiger partial charge on any atom is -0.465 e. The van der Waals surface area contributed by atoms with Gasteiger partial charge in [-0.2, -0.15) is 0 Å². The van der Waals surface area contributed by atoms with E-state index in [0.29, 0.717) is 10.2 Å². The van der Waals surface area contributed by atoms with Crippen molar-refractivity contribution in [1.82, 2.24) is 9.97 Å². The summed E-state index contributed by atoms with van der Waals surface area (Å²) in [4.78, 5) is 20.8. The standard InChI is InChI=1S/C18H13BrN2O2/c1-23-18(22)16-14(12-6-3-2-4-7-12)10-15(21-17(16)19)13-8-5-9-20-11-13/h2-11H,1H3. The SMILES string of the molecule is COC(=O)c1c(-c2ccccc2)cc(-c2cccnc2)nc1Br. The maximum absolute atomic E-state index is 12.2. The summed E-state index contributed by atoms with van der Waals surface area (Å²) in [5, 5.41) is 0. The maximum atomic E-state index is 12.2. The molecule has 2 aromatic heterocycles. The second kappa shape index (κ2) is 6.71. The second-order valence-corrected chi connectivity index (χ2v) is 5.57. The van der Waals surface area contributed by atoms with Gasteiger partial charge >= 0.3 is 5.97 Å². The van der Waals surface area contributed by atoms with Crippen LogP contribution < -0.4 is 0 Å². The number of nitrogens with zero attached hydrogens (tertiary/aromatic N) is 2. The summed E-state index contributed by atoms with van der Waals surface area (Å²) in [6, 6.07) is 15.3. The van der Waals surface area contributed by atoms with Crippen LogP contribution in [0, 0.1) is 0 Å². The molecule has 114 valence electrons. The highest BCUT2D eigenvalue weighted by Crippen LogP contribution is 2.32. The summed E-state index contributed by atoms with van der Waals surface area (Å²) in [5.74, 6) is -0.430.